The summed E-state index contributed by atoms with van der Waals surface area (Å²) in [6.07, 6.45) is 0.108. The molecule has 1 unspecified atom stereocenters. The first kappa shape index (κ1) is 21.1. The highest BCUT2D eigenvalue weighted by molar-refractivity contribution is 5.92. The number of nitrogens with zero attached hydrogens (tertiary/aromatic N) is 2. The lowest BCUT2D eigenvalue weighted by Gasteiger charge is -2.17. The van der Waals surface area contributed by atoms with Crippen molar-refractivity contribution in [1.82, 2.24) is 19.4 Å². The lowest BCUT2D eigenvalue weighted by molar-refractivity contribution is -0.144. The molecule has 1 aromatic carbocycles. The molecule has 2 heterocycles. The Morgan fingerprint density at radius 3 is 2.47 bits per heavy atom. The minimum atomic E-state index is -0.929. The van der Waals surface area contributed by atoms with Crippen LogP contribution in [0.3, 0.4) is 0 Å². The van der Waals surface area contributed by atoms with Crippen molar-refractivity contribution in [3.05, 3.63) is 56.4 Å². The topological polar surface area (TPSA) is 115 Å². The number of aromatic nitrogens is 3. The summed E-state index contributed by atoms with van der Waals surface area (Å²) in [5.74, 6) is -0.965. The van der Waals surface area contributed by atoms with Gasteiger partial charge in [0.15, 0.2) is 0 Å². The van der Waals surface area contributed by atoms with Gasteiger partial charge in [0.2, 0.25) is 5.91 Å². The highest BCUT2D eigenvalue weighted by atomic mass is 16.5. The molecular formula is C21H24N4O5. The van der Waals surface area contributed by atoms with Gasteiger partial charge in [0.05, 0.1) is 18.4 Å². The molecule has 2 aromatic heterocycles. The Morgan fingerprint density at radius 1 is 1.17 bits per heavy atom. The molecule has 30 heavy (non-hydrogen) atoms. The van der Waals surface area contributed by atoms with Gasteiger partial charge < -0.3 is 19.6 Å². The fourth-order valence-corrected chi connectivity index (χ4v) is 3.64. The fraction of sp³-hybridized carbons (Fsp3) is 0.333. The van der Waals surface area contributed by atoms with Crippen LogP contribution >= 0.6 is 0 Å². The third-order valence-corrected chi connectivity index (χ3v) is 5.29. The average Bonchev–Trinajstić information content (AvgIpc) is 3.07. The third kappa shape index (κ3) is 3.54. The number of carbonyl (C=O) groups excluding carboxylic acids is 2. The van der Waals surface area contributed by atoms with Gasteiger partial charge in [-0.3, -0.25) is 14.2 Å². The molecule has 0 radical (unpaired) electrons. The molecular weight excluding hydrogens is 388 g/mol. The highest BCUT2D eigenvalue weighted by Gasteiger charge is 2.27. The number of methoxy groups -OCH3 is 1. The largest absolute Gasteiger partial charge is 0.467 e. The van der Waals surface area contributed by atoms with Crippen LogP contribution in [0.5, 0.6) is 0 Å². The van der Waals surface area contributed by atoms with Crippen LogP contribution in [0.15, 0.2) is 33.9 Å². The predicted molar refractivity (Wildman–Crippen MR) is 112 cm³/mol. The van der Waals surface area contributed by atoms with Crippen molar-refractivity contribution in [3.8, 4) is 11.3 Å². The molecule has 0 bridgehead atoms. The smallest absolute Gasteiger partial charge is 0.330 e. The van der Waals surface area contributed by atoms with Crippen LogP contribution in [0.1, 0.15) is 18.2 Å². The number of hydrogen-bond acceptors (Lipinski definition) is 5. The zero-order valence-electron chi connectivity index (χ0n) is 17.5. The van der Waals surface area contributed by atoms with Crippen LogP contribution in [0.4, 0.5) is 0 Å². The molecule has 3 rings (SSSR count). The lowest BCUT2D eigenvalue weighted by atomic mass is 9.98. The van der Waals surface area contributed by atoms with Crippen molar-refractivity contribution in [2.24, 2.45) is 14.1 Å². The van der Waals surface area contributed by atoms with Crippen molar-refractivity contribution < 1.29 is 14.3 Å². The number of fused-ring (bicyclic) bond motifs is 1. The van der Waals surface area contributed by atoms with Crippen molar-refractivity contribution in [2.75, 3.05) is 7.11 Å². The number of aromatic amines is 1. The Balaban J connectivity index is 2.31. The van der Waals surface area contributed by atoms with E-state index in [0.29, 0.717) is 22.5 Å². The van der Waals surface area contributed by atoms with E-state index in [-0.39, 0.29) is 12.3 Å². The second-order valence-electron chi connectivity index (χ2n) is 7.17. The van der Waals surface area contributed by atoms with E-state index in [1.807, 2.05) is 24.3 Å². The molecule has 0 saturated carbocycles. The molecule has 1 amide bonds. The van der Waals surface area contributed by atoms with Gasteiger partial charge in [-0.05, 0) is 18.6 Å². The number of H-pyrrole nitrogens is 1. The molecule has 3 aromatic rings. The van der Waals surface area contributed by atoms with Crippen LogP contribution < -0.4 is 16.6 Å². The predicted octanol–water partition coefficient (Wildman–Crippen LogP) is 0.761. The Kier molecular flexibility index (Phi) is 5.64. The lowest BCUT2D eigenvalue weighted by Crippen LogP contribution is -2.42. The summed E-state index contributed by atoms with van der Waals surface area (Å²) in [7, 11) is 4.27. The summed E-state index contributed by atoms with van der Waals surface area (Å²) in [6, 6.07) is 6.50. The van der Waals surface area contributed by atoms with E-state index in [2.05, 4.69) is 10.3 Å². The number of rotatable bonds is 5. The van der Waals surface area contributed by atoms with Gasteiger partial charge >= 0.3 is 11.7 Å². The summed E-state index contributed by atoms with van der Waals surface area (Å²) in [6.45, 7) is 3.01. The maximum Gasteiger partial charge on any atom is 0.330 e. The minimum Gasteiger partial charge on any atom is -0.467 e. The second-order valence-corrected chi connectivity index (χ2v) is 7.17. The Bertz CT molecular complexity index is 1260. The number of amides is 1. The Hall–Kier alpha value is -3.62. The van der Waals surface area contributed by atoms with E-state index in [0.717, 1.165) is 15.5 Å². The van der Waals surface area contributed by atoms with E-state index < -0.39 is 23.3 Å². The standard InChI is InChI=1S/C21H24N4O5/c1-11-17(19(27)25(4)21(29)24(11)3)18-14(13-8-6-7-9-15(13)23-18)10-16(20(28)30-5)22-12(2)26/h6-9,16,23H,10H2,1-5H3,(H,22,26). The average molecular weight is 412 g/mol. The van der Waals surface area contributed by atoms with Gasteiger partial charge in [-0.1, -0.05) is 18.2 Å². The molecule has 0 aliphatic rings. The summed E-state index contributed by atoms with van der Waals surface area (Å²) in [5.41, 5.74) is 1.89. The maximum atomic E-state index is 13.0. The molecule has 9 heteroatoms. The summed E-state index contributed by atoms with van der Waals surface area (Å²) in [5, 5.41) is 3.41. The van der Waals surface area contributed by atoms with Crippen molar-refractivity contribution in [1.29, 1.82) is 0 Å². The van der Waals surface area contributed by atoms with Crippen LogP contribution in [0.2, 0.25) is 0 Å². The second kappa shape index (κ2) is 8.02. The molecule has 0 fully saturated rings. The maximum absolute atomic E-state index is 13.0. The highest BCUT2D eigenvalue weighted by Crippen LogP contribution is 2.31. The van der Waals surface area contributed by atoms with Crippen molar-refractivity contribution >= 4 is 22.8 Å². The van der Waals surface area contributed by atoms with Crippen molar-refractivity contribution in [3.63, 3.8) is 0 Å². The normalized spacial score (nSPS) is 12.0. The minimum absolute atomic E-state index is 0.108. The SMILES string of the molecule is COC(=O)C(Cc1c(-c2c(C)n(C)c(=O)n(C)c2=O)[nH]c2ccccc12)NC(C)=O. The molecule has 158 valence electrons. The number of esters is 1. The van der Waals surface area contributed by atoms with Gasteiger partial charge in [-0.25, -0.2) is 9.59 Å². The monoisotopic (exact) mass is 412 g/mol. The van der Waals surface area contributed by atoms with Gasteiger partial charge in [0.25, 0.3) is 5.56 Å². The van der Waals surface area contributed by atoms with E-state index in [9.17, 15) is 19.2 Å². The molecule has 1 atom stereocenters. The van der Waals surface area contributed by atoms with E-state index in [1.165, 1.54) is 25.6 Å². The van der Waals surface area contributed by atoms with Gasteiger partial charge in [0.1, 0.15) is 6.04 Å². The summed E-state index contributed by atoms with van der Waals surface area (Å²) >= 11 is 0. The molecule has 2 N–H and O–H groups in total. The number of para-hydroxylation sites is 1. The van der Waals surface area contributed by atoms with Crippen LogP contribution in [0.25, 0.3) is 22.2 Å². The van der Waals surface area contributed by atoms with Crippen LogP contribution in [0, 0.1) is 6.92 Å². The first-order chi connectivity index (χ1) is 14.2. The quantitative estimate of drug-likeness (QED) is 0.601. The first-order valence-corrected chi connectivity index (χ1v) is 9.38. The Morgan fingerprint density at radius 2 is 1.83 bits per heavy atom. The van der Waals surface area contributed by atoms with Gasteiger partial charge in [0, 0.05) is 44.0 Å². The fourth-order valence-electron chi connectivity index (χ4n) is 3.64. The third-order valence-electron chi connectivity index (χ3n) is 5.29. The van der Waals surface area contributed by atoms with Gasteiger partial charge in [-0.2, -0.15) is 0 Å². The molecule has 0 saturated heterocycles. The van der Waals surface area contributed by atoms with Gasteiger partial charge in [-0.15, -0.1) is 0 Å². The first-order valence-electron chi connectivity index (χ1n) is 9.38. The summed E-state index contributed by atoms with van der Waals surface area (Å²) < 4.78 is 7.29. The summed E-state index contributed by atoms with van der Waals surface area (Å²) in [4.78, 5) is 52.5. The Labute approximate surface area is 172 Å². The van der Waals surface area contributed by atoms with E-state index >= 15 is 0 Å². The molecule has 9 nitrogen and oxygen atoms in total. The molecule has 0 spiro atoms. The molecule has 0 aliphatic carbocycles. The van der Waals surface area contributed by atoms with E-state index in [4.69, 9.17) is 4.74 Å². The number of benzene rings is 1. The number of carbonyl (C=O) groups is 2. The zero-order valence-corrected chi connectivity index (χ0v) is 17.5. The van der Waals surface area contributed by atoms with Crippen LogP contribution in [-0.2, 0) is 34.8 Å². The number of hydrogen-bond donors (Lipinski definition) is 2. The number of ether oxygens (including phenoxy) is 1. The van der Waals surface area contributed by atoms with Crippen LogP contribution in [-0.4, -0.2) is 39.1 Å². The van der Waals surface area contributed by atoms with E-state index in [1.54, 1.807) is 14.0 Å². The number of nitrogens with one attached hydrogen (secondary N) is 2. The van der Waals surface area contributed by atoms with Crippen molar-refractivity contribution in [2.45, 2.75) is 26.3 Å². The zero-order chi connectivity index (χ0) is 22.2. The molecule has 0 aliphatic heterocycles.